The quantitative estimate of drug-likeness (QED) is 0.545. The van der Waals surface area contributed by atoms with Crippen molar-refractivity contribution < 1.29 is 9.59 Å². The van der Waals surface area contributed by atoms with Crippen LogP contribution < -0.4 is 16.2 Å². The fraction of sp³-hybridized carbons (Fsp3) is 0.167. The van der Waals surface area contributed by atoms with Crippen LogP contribution in [0.5, 0.6) is 0 Å². The molecule has 0 aliphatic rings. The molecule has 0 aliphatic carbocycles. The summed E-state index contributed by atoms with van der Waals surface area (Å²) in [5.74, 6) is -0.440. The van der Waals surface area contributed by atoms with Crippen molar-refractivity contribution in [1.29, 1.82) is 0 Å². The lowest BCUT2D eigenvalue weighted by Crippen LogP contribution is -2.45. The summed E-state index contributed by atoms with van der Waals surface area (Å²) in [5, 5.41) is 3.87. The van der Waals surface area contributed by atoms with Gasteiger partial charge in [0.1, 0.15) is 5.69 Å². The van der Waals surface area contributed by atoms with E-state index >= 15 is 0 Å². The second-order valence-corrected chi connectivity index (χ2v) is 2.75. The third kappa shape index (κ3) is 2.71. The predicted octanol–water partition coefficient (Wildman–Crippen LogP) is -0.283. The summed E-state index contributed by atoms with van der Waals surface area (Å²) < 4.78 is 0. The maximum absolute atomic E-state index is 11.1. The van der Waals surface area contributed by atoms with E-state index in [0.717, 1.165) is 0 Å². The Hall–Kier alpha value is -1.63. The topological polar surface area (TPSA) is 83.1 Å². The van der Waals surface area contributed by atoms with E-state index < -0.39 is 11.9 Å². The third-order valence-electron chi connectivity index (χ3n) is 1.18. The number of hydrogen-bond donors (Lipinski definition) is 3. The number of hydrogen-bond acceptors (Lipinski definition) is 4. The summed E-state index contributed by atoms with van der Waals surface area (Å²) >= 11 is 1.31. The lowest BCUT2D eigenvalue weighted by Gasteiger charge is -2.03. The van der Waals surface area contributed by atoms with E-state index in [1.54, 1.807) is 5.38 Å². The summed E-state index contributed by atoms with van der Waals surface area (Å²) in [6.07, 6.45) is 0. The summed E-state index contributed by atoms with van der Waals surface area (Å²) in [6, 6.07) is -0.483. The van der Waals surface area contributed by atoms with Gasteiger partial charge in [-0.05, 0) is 0 Å². The van der Waals surface area contributed by atoms with Crippen LogP contribution in [0, 0.1) is 0 Å². The zero-order valence-electron chi connectivity index (χ0n) is 6.83. The molecule has 0 bridgehead atoms. The molecular weight excluding hydrogens is 192 g/mol. The molecule has 1 aromatic heterocycles. The first-order chi connectivity index (χ1) is 6.24. The Morgan fingerprint density at radius 2 is 2.23 bits per heavy atom. The van der Waals surface area contributed by atoms with E-state index in [-0.39, 0.29) is 5.69 Å². The smallest absolute Gasteiger partial charge is 0.333 e. The van der Waals surface area contributed by atoms with Crippen molar-refractivity contribution in [3.8, 4) is 0 Å². The van der Waals surface area contributed by atoms with Crippen molar-refractivity contribution in [1.82, 2.24) is 21.2 Å². The van der Waals surface area contributed by atoms with Crippen LogP contribution in [0.3, 0.4) is 0 Å². The maximum Gasteiger partial charge on any atom is 0.333 e. The minimum atomic E-state index is -0.483. The molecule has 1 heterocycles. The Morgan fingerprint density at radius 1 is 1.46 bits per heavy atom. The highest BCUT2D eigenvalue weighted by molar-refractivity contribution is 7.07. The van der Waals surface area contributed by atoms with Crippen LogP contribution >= 0.6 is 11.3 Å². The Kier molecular flexibility index (Phi) is 3.21. The van der Waals surface area contributed by atoms with Gasteiger partial charge in [-0.1, -0.05) is 0 Å². The normalized spacial score (nSPS) is 9.00. The molecule has 1 aromatic rings. The number of aromatic nitrogens is 1. The molecule has 70 valence electrons. The van der Waals surface area contributed by atoms with Crippen molar-refractivity contribution >= 4 is 23.3 Å². The number of nitrogens with one attached hydrogen (secondary N) is 3. The number of rotatable bonds is 1. The SMILES string of the molecule is CNC(=O)NNC(=O)c1cscn1. The van der Waals surface area contributed by atoms with Crippen LogP contribution in [-0.4, -0.2) is 24.0 Å². The fourth-order valence-corrected chi connectivity index (χ4v) is 1.10. The van der Waals surface area contributed by atoms with Gasteiger partial charge >= 0.3 is 6.03 Å². The van der Waals surface area contributed by atoms with E-state index in [0.29, 0.717) is 0 Å². The zero-order valence-corrected chi connectivity index (χ0v) is 7.64. The molecule has 0 saturated carbocycles. The van der Waals surface area contributed by atoms with E-state index in [4.69, 9.17) is 0 Å². The lowest BCUT2D eigenvalue weighted by molar-refractivity contribution is 0.0932. The highest BCUT2D eigenvalue weighted by atomic mass is 32.1. The average Bonchev–Trinajstić information content (AvgIpc) is 2.66. The second-order valence-electron chi connectivity index (χ2n) is 2.03. The first-order valence-electron chi connectivity index (χ1n) is 3.40. The first-order valence-corrected chi connectivity index (χ1v) is 4.34. The van der Waals surface area contributed by atoms with Crippen molar-refractivity contribution in [3.63, 3.8) is 0 Å². The molecule has 0 fully saturated rings. The minimum Gasteiger partial charge on any atom is -0.340 e. The number of carbonyl (C=O) groups excluding carboxylic acids is 2. The standard InChI is InChI=1S/C6H8N4O2S/c1-7-6(12)10-9-5(11)4-2-13-3-8-4/h2-3H,1H3,(H,9,11)(H2,7,10,12). The van der Waals surface area contributed by atoms with Gasteiger partial charge in [0.15, 0.2) is 0 Å². The predicted molar refractivity (Wildman–Crippen MR) is 47.2 cm³/mol. The van der Waals surface area contributed by atoms with Crippen molar-refractivity contribution in [3.05, 3.63) is 16.6 Å². The Balaban J connectivity index is 2.39. The fourth-order valence-electron chi connectivity index (χ4n) is 0.565. The van der Waals surface area contributed by atoms with Crippen LogP contribution in [0.25, 0.3) is 0 Å². The summed E-state index contributed by atoms with van der Waals surface area (Å²) in [7, 11) is 1.45. The van der Waals surface area contributed by atoms with Gasteiger partial charge in [-0.3, -0.25) is 10.2 Å². The highest BCUT2D eigenvalue weighted by Crippen LogP contribution is 1.99. The molecule has 0 spiro atoms. The van der Waals surface area contributed by atoms with Crippen LogP contribution in [-0.2, 0) is 0 Å². The van der Waals surface area contributed by atoms with E-state index in [1.807, 2.05) is 0 Å². The molecular formula is C6H8N4O2S. The third-order valence-corrected chi connectivity index (χ3v) is 1.77. The van der Waals surface area contributed by atoms with Gasteiger partial charge in [-0.2, -0.15) is 0 Å². The number of amides is 3. The van der Waals surface area contributed by atoms with Crippen molar-refractivity contribution in [2.24, 2.45) is 0 Å². The maximum atomic E-state index is 11.1. The van der Waals surface area contributed by atoms with Crippen molar-refractivity contribution in [2.45, 2.75) is 0 Å². The van der Waals surface area contributed by atoms with Crippen molar-refractivity contribution in [2.75, 3.05) is 7.05 Å². The molecule has 0 radical (unpaired) electrons. The first kappa shape index (κ1) is 9.46. The summed E-state index contributed by atoms with van der Waals surface area (Å²) in [4.78, 5) is 25.5. The number of nitrogens with zero attached hydrogens (tertiary/aromatic N) is 1. The Bertz CT molecular complexity index is 298. The lowest BCUT2D eigenvalue weighted by atomic mass is 10.5. The molecule has 0 aromatic carbocycles. The molecule has 0 aliphatic heterocycles. The van der Waals surface area contributed by atoms with E-state index in [9.17, 15) is 9.59 Å². The van der Waals surface area contributed by atoms with Gasteiger partial charge in [0, 0.05) is 12.4 Å². The van der Waals surface area contributed by atoms with Gasteiger partial charge in [0.05, 0.1) is 5.51 Å². The molecule has 6 nitrogen and oxygen atoms in total. The Morgan fingerprint density at radius 3 is 2.77 bits per heavy atom. The zero-order chi connectivity index (χ0) is 9.68. The van der Waals surface area contributed by atoms with E-state index in [2.05, 4.69) is 21.2 Å². The molecule has 1 rings (SSSR count). The number of thiazole rings is 1. The molecule has 0 atom stereocenters. The van der Waals surface area contributed by atoms with E-state index in [1.165, 1.54) is 23.9 Å². The monoisotopic (exact) mass is 200 g/mol. The van der Waals surface area contributed by atoms with Gasteiger partial charge in [0.25, 0.3) is 5.91 Å². The number of carbonyl (C=O) groups is 2. The second kappa shape index (κ2) is 4.41. The average molecular weight is 200 g/mol. The molecule has 13 heavy (non-hydrogen) atoms. The number of urea groups is 1. The van der Waals surface area contributed by atoms with Crippen LogP contribution in [0.2, 0.25) is 0 Å². The number of hydrazine groups is 1. The molecule has 7 heteroatoms. The summed E-state index contributed by atoms with van der Waals surface area (Å²) in [6.45, 7) is 0. The largest absolute Gasteiger partial charge is 0.340 e. The van der Waals surface area contributed by atoms with Gasteiger partial charge in [-0.25, -0.2) is 15.2 Å². The van der Waals surface area contributed by atoms with Gasteiger partial charge < -0.3 is 5.32 Å². The minimum absolute atomic E-state index is 0.279. The highest BCUT2D eigenvalue weighted by Gasteiger charge is 2.07. The molecule has 0 saturated heterocycles. The summed E-state index contributed by atoms with van der Waals surface area (Å²) in [5.41, 5.74) is 6.13. The van der Waals surface area contributed by atoms with Gasteiger partial charge in [0.2, 0.25) is 0 Å². The molecule has 3 amide bonds. The van der Waals surface area contributed by atoms with Crippen LogP contribution in [0.1, 0.15) is 10.5 Å². The van der Waals surface area contributed by atoms with Crippen LogP contribution in [0.4, 0.5) is 4.79 Å². The molecule has 3 N–H and O–H groups in total. The van der Waals surface area contributed by atoms with Crippen LogP contribution in [0.15, 0.2) is 10.9 Å². The van der Waals surface area contributed by atoms with Gasteiger partial charge in [-0.15, -0.1) is 11.3 Å². The Labute approximate surface area is 78.3 Å². The molecule has 0 unspecified atom stereocenters.